The monoisotopic (exact) mass is 460 g/mol. The van der Waals surface area contributed by atoms with Gasteiger partial charge in [0.2, 0.25) is 5.91 Å². The molecule has 8 heteroatoms. The van der Waals surface area contributed by atoms with E-state index in [0.29, 0.717) is 33.9 Å². The van der Waals surface area contributed by atoms with Crippen molar-refractivity contribution in [3.8, 4) is 0 Å². The summed E-state index contributed by atoms with van der Waals surface area (Å²) in [5.74, 6) is 0.227. The van der Waals surface area contributed by atoms with Crippen LogP contribution in [0.2, 0.25) is 15.1 Å². The average Bonchev–Trinajstić information content (AvgIpc) is 3.27. The van der Waals surface area contributed by atoms with Crippen LogP contribution in [0.15, 0.2) is 54.9 Å². The number of para-hydroxylation sites is 1. The van der Waals surface area contributed by atoms with E-state index in [0.717, 1.165) is 23.9 Å². The van der Waals surface area contributed by atoms with Crippen LogP contribution in [0.25, 0.3) is 10.9 Å². The van der Waals surface area contributed by atoms with E-state index in [9.17, 15) is 4.79 Å². The Balaban J connectivity index is 1.33. The summed E-state index contributed by atoms with van der Waals surface area (Å²) >= 11 is 18.4. The van der Waals surface area contributed by atoms with Crippen LogP contribution in [0.4, 0.5) is 5.82 Å². The van der Waals surface area contributed by atoms with Crippen LogP contribution in [0, 0.1) is 0 Å². The van der Waals surface area contributed by atoms with Gasteiger partial charge >= 0.3 is 0 Å². The minimum absolute atomic E-state index is 0.119. The zero-order chi connectivity index (χ0) is 21.1. The minimum atomic E-state index is -0.119. The Kier molecular flexibility index (Phi) is 6.32. The molecule has 0 atom stereocenters. The maximum absolute atomic E-state index is 12.4. The molecule has 1 amide bonds. The van der Waals surface area contributed by atoms with Crippen molar-refractivity contribution in [3.05, 3.63) is 81.1 Å². The molecule has 0 aliphatic heterocycles. The molecule has 2 heterocycles. The van der Waals surface area contributed by atoms with Gasteiger partial charge in [-0.25, -0.2) is 0 Å². The third kappa shape index (κ3) is 4.81. The van der Waals surface area contributed by atoms with E-state index in [4.69, 9.17) is 34.8 Å². The summed E-state index contributed by atoms with van der Waals surface area (Å²) in [5.41, 5.74) is 3.17. The van der Waals surface area contributed by atoms with E-state index in [2.05, 4.69) is 21.5 Å². The number of anilines is 1. The van der Waals surface area contributed by atoms with Crippen molar-refractivity contribution in [2.75, 3.05) is 5.32 Å². The van der Waals surface area contributed by atoms with Gasteiger partial charge in [0.05, 0.1) is 6.54 Å². The number of carbonyl (C=O) groups excluding carboxylic acids is 1. The summed E-state index contributed by atoms with van der Waals surface area (Å²) < 4.78 is 1.64. The molecule has 0 aliphatic carbocycles. The molecule has 0 saturated heterocycles. The fourth-order valence-corrected chi connectivity index (χ4v) is 4.03. The van der Waals surface area contributed by atoms with Gasteiger partial charge in [-0.2, -0.15) is 5.10 Å². The largest absolute Gasteiger partial charge is 0.361 e. The minimum Gasteiger partial charge on any atom is -0.361 e. The molecule has 0 fully saturated rings. The van der Waals surface area contributed by atoms with Crippen molar-refractivity contribution in [2.24, 2.45) is 0 Å². The van der Waals surface area contributed by atoms with Gasteiger partial charge in [-0.3, -0.25) is 9.48 Å². The van der Waals surface area contributed by atoms with Gasteiger partial charge < -0.3 is 10.3 Å². The molecule has 2 aromatic heterocycles. The molecular formula is C22H19Cl3N4O. The Hall–Kier alpha value is -2.47. The molecule has 0 unspecified atom stereocenters. The summed E-state index contributed by atoms with van der Waals surface area (Å²) in [6, 6.07) is 13.4. The molecule has 4 aromatic rings. The Morgan fingerprint density at radius 2 is 1.90 bits per heavy atom. The van der Waals surface area contributed by atoms with Crippen LogP contribution in [-0.4, -0.2) is 20.7 Å². The highest BCUT2D eigenvalue weighted by Gasteiger charge is 2.12. The lowest BCUT2D eigenvalue weighted by molar-refractivity contribution is -0.116. The number of rotatable bonds is 7. The van der Waals surface area contributed by atoms with Crippen molar-refractivity contribution < 1.29 is 4.79 Å². The summed E-state index contributed by atoms with van der Waals surface area (Å²) in [6.07, 6.45) is 5.59. The van der Waals surface area contributed by atoms with Crippen molar-refractivity contribution >= 4 is 57.4 Å². The first-order valence-electron chi connectivity index (χ1n) is 9.51. The third-order valence-corrected chi connectivity index (χ3v) is 5.71. The number of aromatic nitrogens is 3. The van der Waals surface area contributed by atoms with Gasteiger partial charge in [0, 0.05) is 39.8 Å². The number of carbonyl (C=O) groups is 1. The molecule has 2 aromatic carbocycles. The smallest absolute Gasteiger partial charge is 0.225 e. The summed E-state index contributed by atoms with van der Waals surface area (Å²) in [6.45, 7) is 0.423. The normalized spacial score (nSPS) is 11.2. The lowest BCUT2D eigenvalue weighted by Gasteiger charge is -2.05. The van der Waals surface area contributed by atoms with Crippen LogP contribution in [-0.2, 0) is 17.8 Å². The lowest BCUT2D eigenvalue weighted by Crippen LogP contribution is -2.13. The standard InChI is InChI=1S/C22H19Cl3N4O/c23-16-9-8-15(18(24)10-16)12-29-13-19(25)22(28-29)27-21(30)7-3-4-14-11-26-20-6-2-1-5-17(14)20/h1-2,5-6,8-11,13,26H,3-4,7,12H2,(H,27,28,30). The predicted octanol–water partition coefficient (Wildman–Crippen LogP) is 6.33. The second kappa shape index (κ2) is 9.13. The van der Waals surface area contributed by atoms with Crippen LogP contribution >= 0.6 is 34.8 Å². The van der Waals surface area contributed by atoms with E-state index in [1.807, 2.05) is 30.5 Å². The molecule has 0 radical (unpaired) electrons. The van der Waals surface area contributed by atoms with E-state index >= 15 is 0 Å². The quantitative estimate of drug-likeness (QED) is 0.337. The number of aryl methyl sites for hydroxylation is 1. The van der Waals surface area contributed by atoms with Crippen LogP contribution in [0.5, 0.6) is 0 Å². The molecule has 0 aliphatic rings. The molecule has 0 spiro atoms. The number of benzene rings is 2. The first kappa shape index (κ1) is 20.8. The zero-order valence-electron chi connectivity index (χ0n) is 16.0. The lowest BCUT2D eigenvalue weighted by atomic mass is 10.1. The maximum atomic E-state index is 12.4. The first-order valence-corrected chi connectivity index (χ1v) is 10.6. The van der Waals surface area contributed by atoms with Crippen molar-refractivity contribution in [2.45, 2.75) is 25.8 Å². The van der Waals surface area contributed by atoms with Gasteiger partial charge in [-0.05, 0) is 42.2 Å². The predicted molar refractivity (Wildman–Crippen MR) is 123 cm³/mol. The van der Waals surface area contributed by atoms with Gasteiger partial charge in [0.1, 0.15) is 5.02 Å². The summed E-state index contributed by atoms with van der Waals surface area (Å²) in [4.78, 5) is 15.6. The highest BCUT2D eigenvalue weighted by atomic mass is 35.5. The first-order chi connectivity index (χ1) is 14.5. The molecule has 30 heavy (non-hydrogen) atoms. The summed E-state index contributed by atoms with van der Waals surface area (Å²) in [7, 11) is 0. The maximum Gasteiger partial charge on any atom is 0.225 e. The second-order valence-electron chi connectivity index (χ2n) is 7.02. The highest BCUT2D eigenvalue weighted by Crippen LogP contribution is 2.25. The van der Waals surface area contributed by atoms with Crippen molar-refractivity contribution in [3.63, 3.8) is 0 Å². The summed E-state index contributed by atoms with van der Waals surface area (Å²) in [5, 5.41) is 9.86. The van der Waals surface area contributed by atoms with Gasteiger partial charge in [-0.15, -0.1) is 0 Å². The Morgan fingerprint density at radius 3 is 2.73 bits per heavy atom. The Labute approximate surface area is 188 Å². The highest BCUT2D eigenvalue weighted by molar-refractivity contribution is 6.35. The number of aromatic amines is 1. The number of hydrogen-bond acceptors (Lipinski definition) is 2. The van der Waals surface area contributed by atoms with Gasteiger partial charge in [0.15, 0.2) is 5.82 Å². The second-order valence-corrected chi connectivity index (χ2v) is 8.27. The van der Waals surface area contributed by atoms with E-state index < -0.39 is 0 Å². The Bertz CT molecular complexity index is 1200. The molecule has 154 valence electrons. The molecule has 2 N–H and O–H groups in total. The molecular weight excluding hydrogens is 443 g/mol. The topological polar surface area (TPSA) is 62.7 Å². The number of amides is 1. The number of halogens is 3. The third-order valence-electron chi connectivity index (χ3n) is 4.85. The molecule has 4 rings (SSSR count). The van der Waals surface area contributed by atoms with E-state index in [1.54, 1.807) is 23.0 Å². The number of nitrogens with zero attached hydrogens (tertiary/aromatic N) is 2. The fraction of sp³-hybridized carbons (Fsp3) is 0.182. The number of nitrogens with one attached hydrogen (secondary N) is 2. The van der Waals surface area contributed by atoms with Crippen LogP contribution in [0.1, 0.15) is 24.0 Å². The number of fused-ring (bicyclic) bond motifs is 1. The number of H-pyrrole nitrogens is 1. The molecule has 0 bridgehead atoms. The Morgan fingerprint density at radius 1 is 1.07 bits per heavy atom. The van der Waals surface area contributed by atoms with Crippen molar-refractivity contribution in [1.82, 2.24) is 14.8 Å². The van der Waals surface area contributed by atoms with Gasteiger partial charge in [0.25, 0.3) is 0 Å². The molecule has 5 nitrogen and oxygen atoms in total. The van der Waals surface area contributed by atoms with Gasteiger partial charge in [-0.1, -0.05) is 59.1 Å². The van der Waals surface area contributed by atoms with Crippen LogP contribution < -0.4 is 5.32 Å². The van der Waals surface area contributed by atoms with Crippen LogP contribution in [0.3, 0.4) is 0 Å². The average molecular weight is 462 g/mol. The van der Waals surface area contributed by atoms with E-state index in [1.165, 1.54) is 10.9 Å². The van der Waals surface area contributed by atoms with E-state index in [-0.39, 0.29) is 5.91 Å². The number of hydrogen-bond donors (Lipinski definition) is 2. The van der Waals surface area contributed by atoms with Crippen molar-refractivity contribution in [1.29, 1.82) is 0 Å². The molecule has 0 saturated carbocycles. The zero-order valence-corrected chi connectivity index (χ0v) is 18.2. The SMILES string of the molecule is O=C(CCCc1c[nH]c2ccccc12)Nc1nn(Cc2ccc(Cl)cc2Cl)cc1Cl. The fourth-order valence-electron chi connectivity index (χ4n) is 3.36.